The third-order valence-electron chi connectivity index (χ3n) is 2.09. The molecule has 82 valence electrons. The van der Waals surface area contributed by atoms with E-state index < -0.39 is 0 Å². The number of aryl methyl sites for hydroxylation is 1. The first-order valence-electron chi connectivity index (χ1n) is 4.50. The van der Waals surface area contributed by atoms with Crippen molar-refractivity contribution in [1.82, 2.24) is 9.78 Å². The van der Waals surface area contributed by atoms with Gasteiger partial charge in [-0.25, -0.2) is 4.90 Å². The van der Waals surface area contributed by atoms with Gasteiger partial charge in [0.15, 0.2) is 5.82 Å². The lowest BCUT2D eigenvalue weighted by Gasteiger charge is -2.22. The number of carbonyl (C=O) groups excluding carboxylic acids is 2. The van der Waals surface area contributed by atoms with Crippen molar-refractivity contribution in [2.24, 2.45) is 7.05 Å². The van der Waals surface area contributed by atoms with Crippen molar-refractivity contribution in [3.63, 3.8) is 0 Å². The van der Waals surface area contributed by atoms with Gasteiger partial charge in [0, 0.05) is 13.2 Å². The maximum atomic E-state index is 11.6. The van der Waals surface area contributed by atoms with Crippen molar-refractivity contribution >= 4 is 29.4 Å². The molecule has 0 spiro atoms. The standard InChI is InChI=1S/C9H8N4O2S/c1-12-3-6(2-10)9(11-12)13-7(14)4-16-5-8(13)15/h3H,4-5H2,1H3. The van der Waals surface area contributed by atoms with Crippen molar-refractivity contribution in [3.05, 3.63) is 11.8 Å². The number of hydrogen-bond acceptors (Lipinski definition) is 5. The van der Waals surface area contributed by atoms with E-state index in [1.165, 1.54) is 22.6 Å². The lowest BCUT2D eigenvalue weighted by Crippen LogP contribution is -2.43. The largest absolute Gasteiger partial charge is 0.273 e. The molecule has 1 aliphatic heterocycles. The molecule has 1 aliphatic rings. The van der Waals surface area contributed by atoms with E-state index in [1.54, 1.807) is 7.05 Å². The summed E-state index contributed by atoms with van der Waals surface area (Å²) in [5, 5.41) is 12.9. The first-order valence-corrected chi connectivity index (χ1v) is 5.66. The molecule has 0 atom stereocenters. The van der Waals surface area contributed by atoms with E-state index in [4.69, 9.17) is 5.26 Å². The molecule has 1 aromatic rings. The summed E-state index contributed by atoms with van der Waals surface area (Å²) in [7, 11) is 1.64. The van der Waals surface area contributed by atoms with Gasteiger partial charge in [-0.1, -0.05) is 0 Å². The highest BCUT2D eigenvalue weighted by molar-refractivity contribution is 8.00. The second kappa shape index (κ2) is 3.98. The Morgan fingerprint density at radius 1 is 1.44 bits per heavy atom. The molecular formula is C9H8N4O2S. The van der Waals surface area contributed by atoms with Crippen molar-refractivity contribution in [1.29, 1.82) is 5.26 Å². The fourth-order valence-corrected chi connectivity index (χ4v) is 2.16. The number of nitrogens with zero attached hydrogens (tertiary/aromatic N) is 4. The molecule has 2 heterocycles. The van der Waals surface area contributed by atoms with Gasteiger partial charge in [-0.15, -0.1) is 11.8 Å². The molecule has 16 heavy (non-hydrogen) atoms. The molecule has 1 saturated heterocycles. The molecule has 0 radical (unpaired) electrons. The second-order valence-electron chi connectivity index (χ2n) is 3.27. The van der Waals surface area contributed by atoms with E-state index in [0.29, 0.717) is 0 Å². The van der Waals surface area contributed by atoms with Gasteiger partial charge in [-0.05, 0) is 0 Å². The summed E-state index contributed by atoms with van der Waals surface area (Å²) in [4.78, 5) is 24.2. The van der Waals surface area contributed by atoms with E-state index in [1.807, 2.05) is 6.07 Å². The number of rotatable bonds is 1. The van der Waals surface area contributed by atoms with Crippen LogP contribution in [0.5, 0.6) is 0 Å². The second-order valence-corrected chi connectivity index (χ2v) is 4.25. The highest BCUT2D eigenvalue weighted by Gasteiger charge is 2.31. The van der Waals surface area contributed by atoms with Gasteiger partial charge in [-0.2, -0.15) is 10.4 Å². The third-order valence-corrected chi connectivity index (χ3v) is 2.99. The van der Waals surface area contributed by atoms with Crippen LogP contribution in [0.25, 0.3) is 0 Å². The van der Waals surface area contributed by atoms with Gasteiger partial charge in [-0.3, -0.25) is 14.3 Å². The molecule has 0 N–H and O–H groups in total. The average molecular weight is 236 g/mol. The summed E-state index contributed by atoms with van der Waals surface area (Å²) in [5.74, 6) is -0.0198. The van der Waals surface area contributed by atoms with Gasteiger partial charge < -0.3 is 0 Å². The van der Waals surface area contributed by atoms with E-state index in [2.05, 4.69) is 5.10 Å². The van der Waals surface area contributed by atoms with Crippen LogP contribution in [-0.2, 0) is 16.6 Å². The molecule has 0 saturated carbocycles. The minimum absolute atomic E-state index is 0.139. The Balaban J connectivity index is 2.46. The van der Waals surface area contributed by atoms with Crippen molar-refractivity contribution in [2.75, 3.05) is 16.4 Å². The van der Waals surface area contributed by atoms with Gasteiger partial charge in [0.05, 0.1) is 11.5 Å². The van der Waals surface area contributed by atoms with Crippen LogP contribution >= 0.6 is 11.8 Å². The Labute approximate surface area is 95.8 Å². The van der Waals surface area contributed by atoms with E-state index in [-0.39, 0.29) is 34.7 Å². The third kappa shape index (κ3) is 1.67. The first kappa shape index (κ1) is 10.7. The van der Waals surface area contributed by atoms with Crippen molar-refractivity contribution < 1.29 is 9.59 Å². The lowest BCUT2D eigenvalue weighted by molar-refractivity contribution is -0.124. The zero-order valence-electron chi connectivity index (χ0n) is 8.51. The smallest absolute Gasteiger partial charge is 0.245 e. The minimum atomic E-state index is -0.323. The summed E-state index contributed by atoms with van der Waals surface area (Å²) >= 11 is 1.27. The number of imide groups is 1. The quantitative estimate of drug-likeness (QED) is 0.636. The number of aromatic nitrogens is 2. The molecule has 6 nitrogen and oxygen atoms in total. The van der Waals surface area contributed by atoms with Crippen molar-refractivity contribution in [2.45, 2.75) is 0 Å². The Bertz CT molecular complexity index is 486. The first-order chi connectivity index (χ1) is 7.63. The topological polar surface area (TPSA) is 79.0 Å². The zero-order chi connectivity index (χ0) is 11.7. The normalized spacial score (nSPS) is 16.4. The number of hydrogen-bond donors (Lipinski definition) is 0. The molecule has 0 aromatic carbocycles. The number of nitriles is 1. The van der Waals surface area contributed by atoms with Crippen LogP contribution in [0.2, 0.25) is 0 Å². The number of thioether (sulfide) groups is 1. The summed E-state index contributed by atoms with van der Waals surface area (Å²) < 4.78 is 1.41. The number of anilines is 1. The van der Waals surface area contributed by atoms with Crippen LogP contribution in [0.1, 0.15) is 5.56 Å². The Kier molecular flexibility index (Phi) is 2.66. The summed E-state index contributed by atoms with van der Waals surface area (Å²) in [5.41, 5.74) is 0.233. The van der Waals surface area contributed by atoms with Gasteiger partial charge in [0.25, 0.3) is 0 Å². The molecule has 7 heteroatoms. The lowest BCUT2D eigenvalue weighted by atomic mass is 10.3. The summed E-state index contributed by atoms with van der Waals surface area (Å²) in [6.07, 6.45) is 1.48. The molecule has 1 fully saturated rings. The molecule has 2 amide bonds. The monoisotopic (exact) mass is 236 g/mol. The predicted octanol–water partition coefficient (Wildman–Crippen LogP) is -0.102. The Morgan fingerprint density at radius 3 is 2.62 bits per heavy atom. The maximum Gasteiger partial charge on any atom is 0.245 e. The molecule has 1 aromatic heterocycles. The summed E-state index contributed by atoms with van der Waals surface area (Å²) in [6.45, 7) is 0. The van der Waals surface area contributed by atoms with Crippen LogP contribution in [-0.4, -0.2) is 33.1 Å². The van der Waals surface area contributed by atoms with Crippen LogP contribution in [0, 0.1) is 11.3 Å². The van der Waals surface area contributed by atoms with Gasteiger partial charge in [0.2, 0.25) is 11.8 Å². The van der Waals surface area contributed by atoms with Gasteiger partial charge >= 0.3 is 0 Å². The highest BCUT2D eigenvalue weighted by atomic mass is 32.2. The Hall–Kier alpha value is -1.81. The SMILES string of the molecule is Cn1cc(C#N)c(N2C(=O)CSCC2=O)n1. The fraction of sp³-hybridized carbons (Fsp3) is 0.333. The summed E-state index contributed by atoms with van der Waals surface area (Å²) in [6, 6.07) is 1.92. The average Bonchev–Trinajstić information content (AvgIpc) is 2.59. The Morgan fingerprint density at radius 2 is 2.06 bits per heavy atom. The van der Waals surface area contributed by atoms with Crippen LogP contribution < -0.4 is 4.90 Å². The molecular weight excluding hydrogens is 228 g/mol. The molecule has 2 rings (SSSR count). The van der Waals surface area contributed by atoms with Crippen molar-refractivity contribution in [3.8, 4) is 6.07 Å². The van der Waals surface area contributed by atoms with Crippen LogP contribution in [0.15, 0.2) is 6.20 Å². The molecule has 0 unspecified atom stereocenters. The van der Waals surface area contributed by atoms with Gasteiger partial charge in [0.1, 0.15) is 11.6 Å². The number of amides is 2. The maximum absolute atomic E-state index is 11.6. The number of carbonyl (C=O) groups is 2. The van der Waals surface area contributed by atoms with E-state index in [0.717, 1.165) is 4.90 Å². The minimum Gasteiger partial charge on any atom is -0.273 e. The van der Waals surface area contributed by atoms with Crippen LogP contribution in [0.4, 0.5) is 5.82 Å². The van der Waals surface area contributed by atoms with E-state index in [9.17, 15) is 9.59 Å². The zero-order valence-corrected chi connectivity index (χ0v) is 9.32. The molecule has 0 aliphatic carbocycles. The fourth-order valence-electron chi connectivity index (χ4n) is 1.45. The predicted molar refractivity (Wildman–Crippen MR) is 57.7 cm³/mol. The van der Waals surface area contributed by atoms with E-state index >= 15 is 0 Å². The highest BCUT2D eigenvalue weighted by Crippen LogP contribution is 2.22. The van der Waals surface area contributed by atoms with Crippen LogP contribution in [0.3, 0.4) is 0 Å². The molecule has 0 bridgehead atoms.